The third-order valence-corrected chi connectivity index (χ3v) is 4.17. The van der Waals surface area contributed by atoms with Crippen LogP contribution in [0.5, 0.6) is 0 Å². The van der Waals surface area contributed by atoms with Crippen molar-refractivity contribution in [1.82, 2.24) is 15.2 Å². The van der Waals surface area contributed by atoms with E-state index in [1.165, 1.54) is 19.4 Å². The fourth-order valence-corrected chi connectivity index (χ4v) is 2.86. The molecule has 1 saturated heterocycles. The molecule has 0 aliphatic carbocycles. The lowest BCUT2D eigenvalue weighted by Crippen LogP contribution is -2.44. The van der Waals surface area contributed by atoms with Crippen molar-refractivity contribution in [3.63, 3.8) is 0 Å². The van der Waals surface area contributed by atoms with Gasteiger partial charge in [-0.1, -0.05) is 13.3 Å². The first kappa shape index (κ1) is 15.4. The molecular weight excluding hydrogens is 318 g/mol. The molecule has 20 heavy (non-hydrogen) atoms. The van der Waals surface area contributed by atoms with Gasteiger partial charge in [0.25, 0.3) is 5.91 Å². The largest absolute Gasteiger partial charge is 0.349 e. The van der Waals surface area contributed by atoms with E-state index in [9.17, 15) is 4.79 Å². The molecule has 0 spiro atoms. The van der Waals surface area contributed by atoms with E-state index in [0.717, 1.165) is 25.9 Å². The molecule has 1 aliphatic rings. The lowest BCUT2D eigenvalue weighted by molar-refractivity contribution is 0.0910. The Bertz CT molecular complexity index is 444. The number of carbonyl (C=O) groups excluding carboxylic acids is 1. The molecule has 110 valence electrons. The summed E-state index contributed by atoms with van der Waals surface area (Å²) < 4.78 is 0.694. The molecule has 2 heterocycles. The van der Waals surface area contributed by atoms with Crippen molar-refractivity contribution in [3.05, 3.63) is 28.5 Å². The van der Waals surface area contributed by atoms with Crippen molar-refractivity contribution in [2.45, 2.75) is 38.6 Å². The first-order valence-corrected chi connectivity index (χ1v) is 8.13. The molecular formula is C15H22BrN3O. The third-order valence-electron chi connectivity index (χ3n) is 3.74. The maximum Gasteiger partial charge on any atom is 0.251 e. The van der Waals surface area contributed by atoms with E-state index in [1.807, 2.05) is 0 Å². The van der Waals surface area contributed by atoms with Gasteiger partial charge in [0.15, 0.2) is 0 Å². The summed E-state index contributed by atoms with van der Waals surface area (Å²) in [6.45, 7) is 5.59. The molecule has 0 unspecified atom stereocenters. The van der Waals surface area contributed by atoms with E-state index in [0.29, 0.717) is 16.2 Å². The first-order chi connectivity index (χ1) is 9.69. The number of hydrogen-bond donors (Lipinski definition) is 1. The third kappa shape index (κ3) is 4.56. The van der Waals surface area contributed by atoms with Gasteiger partial charge < -0.3 is 10.2 Å². The highest BCUT2D eigenvalue weighted by Crippen LogP contribution is 2.13. The molecule has 4 nitrogen and oxygen atoms in total. The molecule has 2 rings (SSSR count). The average molecular weight is 340 g/mol. The molecule has 1 fully saturated rings. The zero-order chi connectivity index (χ0) is 14.4. The van der Waals surface area contributed by atoms with Gasteiger partial charge in [0, 0.05) is 30.9 Å². The summed E-state index contributed by atoms with van der Waals surface area (Å²) in [5, 5.41) is 3.12. The monoisotopic (exact) mass is 339 g/mol. The Morgan fingerprint density at radius 3 is 2.90 bits per heavy atom. The molecule has 1 aliphatic heterocycles. The van der Waals surface area contributed by atoms with E-state index < -0.39 is 0 Å². The van der Waals surface area contributed by atoms with Crippen molar-refractivity contribution in [2.24, 2.45) is 0 Å². The number of unbranched alkanes of at least 4 members (excludes halogenated alkanes) is 1. The number of nitrogens with zero attached hydrogens (tertiary/aromatic N) is 2. The summed E-state index contributed by atoms with van der Waals surface area (Å²) >= 11 is 3.29. The number of halogens is 1. The van der Waals surface area contributed by atoms with Gasteiger partial charge in [-0.15, -0.1) is 0 Å². The standard InChI is InChI=1S/C15H22BrN3O/c1-2-3-8-19-9-5-13(6-10-19)18-15(20)12-4-7-17-14(16)11-12/h4,7,11,13H,2-3,5-6,8-10H2,1H3,(H,18,20). The van der Waals surface area contributed by atoms with Crippen LogP contribution in [0.1, 0.15) is 43.0 Å². The molecule has 0 radical (unpaired) electrons. The SMILES string of the molecule is CCCCN1CCC(NC(=O)c2ccnc(Br)c2)CC1. The van der Waals surface area contributed by atoms with Gasteiger partial charge in [-0.3, -0.25) is 4.79 Å². The summed E-state index contributed by atoms with van der Waals surface area (Å²) in [5.74, 6) is 0.000100. The van der Waals surface area contributed by atoms with E-state index in [2.05, 4.69) is 38.1 Å². The van der Waals surface area contributed by atoms with Gasteiger partial charge >= 0.3 is 0 Å². The Balaban J connectivity index is 1.79. The molecule has 1 aromatic heterocycles. The summed E-state index contributed by atoms with van der Waals surface area (Å²) in [7, 11) is 0. The second kappa shape index (κ2) is 7.74. The van der Waals surface area contributed by atoms with Gasteiger partial charge in [0.05, 0.1) is 0 Å². The highest BCUT2D eigenvalue weighted by molar-refractivity contribution is 9.10. The van der Waals surface area contributed by atoms with Crippen LogP contribution >= 0.6 is 15.9 Å². The minimum atomic E-state index is 0.000100. The van der Waals surface area contributed by atoms with E-state index in [4.69, 9.17) is 0 Å². The van der Waals surface area contributed by atoms with Crippen molar-refractivity contribution < 1.29 is 4.79 Å². The molecule has 1 N–H and O–H groups in total. The topological polar surface area (TPSA) is 45.2 Å². The van der Waals surface area contributed by atoms with E-state index in [1.54, 1.807) is 18.3 Å². The van der Waals surface area contributed by atoms with Gasteiger partial charge in [-0.25, -0.2) is 4.98 Å². The van der Waals surface area contributed by atoms with Crippen LogP contribution in [0.25, 0.3) is 0 Å². The maximum absolute atomic E-state index is 12.1. The fraction of sp³-hybridized carbons (Fsp3) is 0.600. The molecule has 1 amide bonds. The van der Waals surface area contributed by atoms with Gasteiger partial charge in [-0.2, -0.15) is 0 Å². The summed E-state index contributed by atoms with van der Waals surface area (Å²) in [6.07, 6.45) is 6.24. The first-order valence-electron chi connectivity index (χ1n) is 7.34. The van der Waals surface area contributed by atoms with E-state index in [-0.39, 0.29) is 5.91 Å². The smallest absolute Gasteiger partial charge is 0.251 e. The summed E-state index contributed by atoms with van der Waals surface area (Å²) in [4.78, 5) is 18.7. The molecule has 5 heteroatoms. The Morgan fingerprint density at radius 1 is 1.50 bits per heavy atom. The van der Waals surface area contributed by atoms with Crippen LogP contribution in [0, 0.1) is 0 Å². The van der Waals surface area contributed by atoms with Crippen molar-refractivity contribution in [3.8, 4) is 0 Å². The van der Waals surface area contributed by atoms with Crippen LogP contribution in [0.2, 0.25) is 0 Å². The number of pyridine rings is 1. The highest BCUT2D eigenvalue weighted by atomic mass is 79.9. The normalized spacial score (nSPS) is 17.1. The number of nitrogens with one attached hydrogen (secondary N) is 1. The number of hydrogen-bond acceptors (Lipinski definition) is 3. The molecule has 1 aromatic rings. The number of piperidine rings is 1. The predicted octanol–water partition coefficient (Wildman–Crippen LogP) is 2.84. The van der Waals surface area contributed by atoms with Crippen molar-refractivity contribution in [2.75, 3.05) is 19.6 Å². The Morgan fingerprint density at radius 2 is 2.25 bits per heavy atom. The highest BCUT2D eigenvalue weighted by Gasteiger charge is 2.20. The van der Waals surface area contributed by atoms with Crippen LogP contribution < -0.4 is 5.32 Å². The number of rotatable bonds is 5. The average Bonchev–Trinajstić information content (AvgIpc) is 2.46. The Hall–Kier alpha value is -0.940. The van der Waals surface area contributed by atoms with Crippen LogP contribution in [0.4, 0.5) is 0 Å². The second-order valence-corrected chi connectivity index (χ2v) is 6.12. The zero-order valence-electron chi connectivity index (χ0n) is 11.9. The number of carbonyl (C=O) groups is 1. The van der Waals surface area contributed by atoms with Crippen molar-refractivity contribution >= 4 is 21.8 Å². The zero-order valence-corrected chi connectivity index (χ0v) is 13.5. The minimum Gasteiger partial charge on any atom is -0.349 e. The Kier molecular flexibility index (Phi) is 5.98. The molecule has 0 aromatic carbocycles. The lowest BCUT2D eigenvalue weighted by Gasteiger charge is -2.32. The van der Waals surface area contributed by atoms with Crippen LogP contribution in [0.3, 0.4) is 0 Å². The molecule has 0 bridgehead atoms. The number of aromatic nitrogens is 1. The van der Waals surface area contributed by atoms with Crippen molar-refractivity contribution in [1.29, 1.82) is 0 Å². The van der Waals surface area contributed by atoms with Crippen LogP contribution in [-0.2, 0) is 0 Å². The van der Waals surface area contributed by atoms with E-state index >= 15 is 0 Å². The molecule has 0 atom stereocenters. The van der Waals surface area contributed by atoms with Gasteiger partial charge in [0.2, 0.25) is 0 Å². The second-order valence-electron chi connectivity index (χ2n) is 5.31. The minimum absolute atomic E-state index is 0.000100. The van der Waals surface area contributed by atoms with Gasteiger partial charge in [-0.05, 0) is 53.9 Å². The number of likely N-dealkylation sites (tertiary alicyclic amines) is 1. The molecule has 0 saturated carbocycles. The maximum atomic E-state index is 12.1. The van der Waals surface area contributed by atoms with Crippen LogP contribution in [0.15, 0.2) is 22.9 Å². The lowest BCUT2D eigenvalue weighted by atomic mass is 10.0. The number of amides is 1. The summed E-state index contributed by atoms with van der Waals surface area (Å²) in [5.41, 5.74) is 0.667. The predicted molar refractivity (Wildman–Crippen MR) is 83.8 cm³/mol. The Labute approximate surface area is 129 Å². The fourth-order valence-electron chi connectivity index (χ4n) is 2.50. The van der Waals surface area contributed by atoms with Crippen LogP contribution in [-0.4, -0.2) is 41.5 Å². The van der Waals surface area contributed by atoms with Gasteiger partial charge in [0.1, 0.15) is 4.60 Å². The quantitative estimate of drug-likeness (QED) is 0.839. The summed E-state index contributed by atoms with van der Waals surface area (Å²) in [6, 6.07) is 3.80.